The number of benzene rings is 14. The molecule has 0 aliphatic carbocycles. The van der Waals surface area contributed by atoms with Crippen molar-refractivity contribution in [2.75, 3.05) is 9.80 Å². The quantitative estimate of drug-likeness (QED) is 0.0995. The van der Waals surface area contributed by atoms with Gasteiger partial charge in [-0.05, 0) is 183 Å². The van der Waals surface area contributed by atoms with Gasteiger partial charge in [-0.3, -0.25) is 0 Å². The lowest BCUT2D eigenvalue weighted by molar-refractivity contribution is 1.28. The average molecular weight is 967 g/mol. The minimum absolute atomic E-state index is 1.09. The van der Waals surface area contributed by atoms with Crippen molar-refractivity contribution in [2.24, 2.45) is 0 Å². The number of fused-ring (bicyclic) bond motifs is 6. The van der Waals surface area contributed by atoms with Crippen LogP contribution in [0.15, 0.2) is 303 Å². The van der Waals surface area contributed by atoms with Crippen molar-refractivity contribution in [3.8, 4) is 44.5 Å². The summed E-state index contributed by atoms with van der Waals surface area (Å²) in [5.41, 5.74) is 16.3. The van der Waals surface area contributed by atoms with E-state index in [1.807, 2.05) is 0 Å². The third-order valence-corrected chi connectivity index (χ3v) is 15.2. The minimum atomic E-state index is 1.09. The summed E-state index contributed by atoms with van der Waals surface area (Å²) in [5.74, 6) is 0. The molecule has 76 heavy (non-hydrogen) atoms. The first-order valence-electron chi connectivity index (χ1n) is 26.2. The Morgan fingerprint density at radius 2 is 0.487 bits per heavy atom. The van der Waals surface area contributed by atoms with Crippen LogP contribution in [0.3, 0.4) is 0 Å². The van der Waals surface area contributed by atoms with Crippen LogP contribution in [0.25, 0.3) is 98.4 Å². The van der Waals surface area contributed by atoms with Crippen molar-refractivity contribution in [1.29, 1.82) is 0 Å². The maximum absolute atomic E-state index is 2.54. The van der Waals surface area contributed by atoms with Gasteiger partial charge in [-0.2, -0.15) is 0 Å². The zero-order valence-corrected chi connectivity index (χ0v) is 41.8. The Morgan fingerprint density at radius 1 is 0.171 bits per heavy atom. The summed E-state index contributed by atoms with van der Waals surface area (Å²) in [6.07, 6.45) is 0. The average Bonchev–Trinajstić information content (AvgIpc) is 3.63. The second-order valence-corrected chi connectivity index (χ2v) is 19.5. The SMILES string of the molecule is c1ccc(-c2c(-c3cccc4ccccc34)c3ccccc3c3cc4c(-c5ccc(N(c6ccccc6)c6ccccc6)cc5)c5ccccc5c(-c5ccc(N(c6ccccc6)c6ccccc6)cc5)c4cc23)cc1. The predicted molar refractivity (Wildman–Crippen MR) is 325 cm³/mol. The van der Waals surface area contributed by atoms with Crippen LogP contribution in [0.2, 0.25) is 0 Å². The summed E-state index contributed by atoms with van der Waals surface area (Å²) in [7, 11) is 0. The molecule has 2 heteroatoms. The van der Waals surface area contributed by atoms with Gasteiger partial charge in [-0.1, -0.05) is 218 Å². The molecular formula is C74H50N2. The molecule has 0 aliphatic rings. The fourth-order valence-corrected chi connectivity index (χ4v) is 11.9. The van der Waals surface area contributed by atoms with Crippen LogP contribution >= 0.6 is 0 Å². The first-order chi connectivity index (χ1) is 37.7. The van der Waals surface area contributed by atoms with E-state index >= 15 is 0 Å². The van der Waals surface area contributed by atoms with Gasteiger partial charge in [-0.15, -0.1) is 0 Å². The molecule has 0 amide bonds. The first kappa shape index (κ1) is 44.7. The number of nitrogens with zero attached hydrogens (tertiary/aromatic N) is 2. The third kappa shape index (κ3) is 7.75. The summed E-state index contributed by atoms with van der Waals surface area (Å²) < 4.78 is 0. The van der Waals surface area contributed by atoms with Crippen molar-refractivity contribution >= 4 is 88.0 Å². The van der Waals surface area contributed by atoms with Gasteiger partial charge in [0.15, 0.2) is 0 Å². The van der Waals surface area contributed by atoms with Crippen LogP contribution in [-0.2, 0) is 0 Å². The highest BCUT2D eigenvalue weighted by Crippen LogP contribution is 2.51. The van der Waals surface area contributed by atoms with Gasteiger partial charge in [0.2, 0.25) is 0 Å². The summed E-state index contributed by atoms with van der Waals surface area (Å²) >= 11 is 0. The third-order valence-electron chi connectivity index (χ3n) is 15.2. The van der Waals surface area contributed by atoms with E-state index in [1.165, 1.54) is 87.2 Å². The number of anilines is 6. The van der Waals surface area contributed by atoms with Crippen LogP contribution in [0.5, 0.6) is 0 Å². The molecule has 0 aliphatic heterocycles. The Kier molecular flexibility index (Phi) is 11.2. The molecule has 0 spiro atoms. The van der Waals surface area contributed by atoms with Gasteiger partial charge in [0.1, 0.15) is 0 Å². The highest BCUT2D eigenvalue weighted by Gasteiger charge is 2.24. The molecule has 0 saturated heterocycles. The highest BCUT2D eigenvalue weighted by molar-refractivity contribution is 6.30. The number of hydrogen-bond acceptors (Lipinski definition) is 2. The van der Waals surface area contributed by atoms with Gasteiger partial charge in [0.05, 0.1) is 0 Å². The van der Waals surface area contributed by atoms with Crippen LogP contribution in [-0.4, -0.2) is 0 Å². The van der Waals surface area contributed by atoms with Crippen LogP contribution < -0.4 is 9.80 Å². The molecular weight excluding hydrogens is 917 g/mol. The summed E-state index contributed by atoms with van der Waals surface area (Å²) in [6, 6.07) is 111. The smallest absolute Gasteiger partial charge is 0.0462 e. The van der Waals surface area contributed by atoms with Crippen molar-refractivity contribution in [2.45, 2.75) is 0 Å². The molecule has 0 aromatic heterocycles. The van der Waals surface area contributed by atoms with Crippen LogP contribution in [0.1, 0.15) is 0 Å². The van der Waals surface area contributed by atoms with Gasteiger partial charge >= 0.3 is 0 Å². The molecule has 356 valence electrons. The van der Waals surface area contributed by atoms with Crippen LogP contribution in [0, 0.1) is 0 Å². The normalized spacial score (nSPS) is 11.4. The van der Waals surface area contributed by atoms with E-state index in [1.54, 1.807) is 0 Å². The second kappa shape index (κ2) is 19.1. The van der Waals surface area contributed by atoms with E-state index in [-0.39, 0.29) is 0 Å². The van der Waals surface area contributed by atoms with Crippen molar-refractivity contribution in [3.05, 3.63) is 303 Å². The van der Waals surface area contributed by atoms with Gasteiger partial charge in [-0.25, -0.2) is 0 Å². The standard InChI is InChI=1S/C74H50N2/c1-6-24-52(25-7-1)73-68-50-70-69(49-67(68)62-36-18-19-37-64(62)74(73)63-40-22-26-51-23-16-17-35-61(51)63)71(53-41-45-59(46-42-53)75(55-27-8-2-9-28-55)56-29-10-3-11-30-56)65-38-20-21-39-66(65)72(70)54-43-47-60(48-44-54)76(57-31-12-4-13-32-57)58-33-14-5-15-34-58/h1-50H. The fraction of sp³-hybridized carbons (Fsp3) is 0. The Balaban J connectivity index is 1.08. The largest absolute Gasteiger partial charge is 0.311 e. The van der Waals surface area contributed by atoms with Crippen LogP contribution in [0.4, 0.5) is 34.1 Å². The maximum Gasteiger partial charge on any atom is 0.0462 e. The lowest BCUT2D eigenvalue weighted by Gasteiger charge is -2.26. The van der Waals surface area contributed by atoms with E-state index in [9.17, 15) is 0 Å². The van der Waals surface area contributed by atoms with Crippen molar-refractivity contribution in [1.82, 2.24) is 0 Å². The molecule has 0 bridgehead atoms. The Labute approximate surface area is 443 Å². The molecule has 14 aromatic rings. The molecule has 0 heterocycles. The second-order valence-electron chi connectivity index (χ2n) is 19.5. The number of rotatable bonds is 10. The molecule has 0 radical (unpaired) electrons. The Bertz CT molecular complexity index is 4320. The van der Waals surface area contributed by atoms with E-state index in [2.05, 4.69) is 313 Å². The topological polar surface area (TPSA) is 6.48 Å². The van der Waals surface area contributed by atoms with Crippen molar-refractivity contribution in [3.63, 3.8) is 0 Å². The molecule has 2 nitrogen and oxygen atoms in total. The maximum atomic E-state index is 2.54. The monoisotopic (exact) mass is 966 g/mol. The van der Waals surface area contributed by atoms with E-state index in [0.717, 1.165) is 45.3 Å². The number of para-hydroxylation sites is 4. The van der Waals surface area contributed by atoms with Crippen molar-refractivity contribution < 1.29 is 0 Å². The Morgan fingerprint density at radius 3 is 0.947 bits per heavy atom. The molecule has 0 saturated carbocycles. The highest BCUT2D eigenvalue weighted by atomic mass is 15.1. The summed E-state index contributed by atoms with van der Waals surface area (Å²) in [4.78, 5) is 4.67. The molecule has 0 atom stereocenters. The molecule has 0 N–H and O–H groups in total. The molecule has 14 rings (SSSR count). The molecule has 0 fully saturated rings. The zero-order chi connectivity index (χ0) is 50.4. The molecule has 0 unspecified atom stereocenters. The van der Waals surface area contributed by atoms with E-state index < -0.39 is 0 Å². The minimum Gasteiger partial charge on any atom is -0.311 e. The Hall–Kier alpha value is -10.0. The van der Waals surface area contributed by atoms with E-state index in [0.29, 0.717) is 0 Å². The van der Waals surface area contributed by atoms with Gasteiger partial charge in [0, 0.05) is 34.1 Å². The summed E-state index contributed by atoms with van der Waals surface area (Å²) in [5, 5.41) is 12.2. The van der Waals surface area contributed by atoms with E-state index in [4.69, 9.17) is 0 Å². The lowest BCUT2D eigenvalue weighted by Crippen LogP contribution is -2.09. The lowest BCUT2D eigenvalue weighted by atomic mass is 9.80. The van der Waals surface area contributed by atoms with Gasteiger partial charge < -0.3 is 9.80 Å². The number of hydrogen-bond donors (Lipinski definition) is 0. The zero-order valence-electron chi connectivity index (χ0n) is 41.8. The van der Waals surface area contributed by atoms with Gasteiger partial charge in [0.25, 0.3) is 0 Å². The summed E-state index contributed by atoms with van der Waals surface area (Å²) in [6.45, 7) is 0. The molecule has 14 aromatic carbocycles. The first-order valence-corrected chi connectivity index (χ1v) is 26.2. The predicted octanol–water partition coefficient (Wildman–Crippen LogP) is 21.1. The fourth-order valence-electron chi connectivity index (χ4n) is 11.9.